The van der Waals surface area contributed by atoms with E-state index in [4.69, 9.17) is 4.74 Å². The minimum absolute atomic E-state index is 0.317. The maximum absolute atomic E-state index is 13.2. The lowest BCUT2D eigenvalue weighted by molar-refractivity contribution is -0.145. The van der Waals surface area contributed by atoms with Gasteiger partial charge in [-0.05, 0) is 53.4 Å². The van der Waals surface area contributed by atoms with E-state index in [0.29, 0.717) is 22.7 Å². The molecule has 0 spiro atoms. The molecule has 1 N–H and O–H groups in total. The minimum Gasteiger partial charge on any atom is -0.465 e. The molecule has 1 unspecified atom stereocenters. The van der Waals surface area contributed by atoms with E-state index in [-0.39, 0.29) is 11.8 Å². The van der Waals surface area contributed by atoms with Gasteiger partial charge < -0.3 is 4.74 Å². The molecule has 2 rings (SSSR count). The Bertz CT molecular complexity index is 449. The summed E-state index contributed by atoms with van der Waals surface area (Å²) in [5, 5.41) is 3.22. The molecule has 0 radical (unpaired) electrons. The fourth-order valence-electron chi connectivity index (χ4n) is 1.70. The van der Waals surface area contributed by atoms with E-state index in [0.717, 1.165) is 12.8 Å². The van der Waals surface area contributed by atoms with E-state index >= 15 is 0 Å². The molecule has 1 atom stereocenters. The van der Waals surface area contributed by atoms with Crippen LogP contribution in [0.3, 0.4) is 0 Å². The molecule has 0 aliphatic heterocycles. The van der Waals surface area contributed by atoms with Crippen molar-refractivity contribution in [1.82, 2.24) is 5.32 Å². The number of hydrogen-bond acceptors (Lipinski definition) is 3. The third kappa shape index (κ3) is 3.29. The number of esters is 1. The van der Waals surface area contributed by atoms with Crippen molar-refractivity contribution in [1.29, 1.82) is 0 Å². The zero-order valence-corrected chi connectivity index (χ0v) is 11.7. The Morgan fingerprint density at radius 1 is 1.61 bits per heavy atom. The minimum atomic E-state index is -0.519. The lowest BCUT2D eigenvalue weighted by Crippen LogP contribution is -2.31. The van der Waals surface area contributed by atoms with E-state index in [2.05, 4.69) is 21.2 Å². The summed E-state index contributed by atoms with van der Waals surface area (Å²) in [6, 6.07) is 4.42. The number of ether oxygens (including phenoxy) is 1. The Hall–Kier alpha value is -0.940. The molecule has 5 heteroatoms. The summed E-state index contributed by atoms with van der Waals surface area (Å²) in [5.41, 5.74) is 0.716. The number of halogens is 2. The Labute approximate surface area is 114 Å². The van der Waals surface area contributed by atoms with Crippen molar-refractivity contribution in [2.24, 2.45) is 0 Å². The van der Waals surface area contributed by atoms with Gasteiger partial charge in [0.1, 0.15) is 11.9 Å². The van der Waals surface area contributed by atoms with Gasteiger partial charge in [-0.15, -0.1) is 0 Å². The number of nitrogens with one attached hydrogen (secondary N) is 1. The second-order valence-electron chi connectivity index (χ2n) is 4.30. The summed E-state index contributed by atoms with van der Waals surface area (Å²) in [7, 11) is 0. The molecule has 1 aliphatic rings. The highest BCUT2D eigenvalue weighted by atomic mass is 79.9. The van der Waals surface area contributed by atoms with Gasteiger partial charge in [0.05, 0.1) is 11.1 Å². The van der Waals surface area contributed by atoms with Gasteiger partial charge in [0.2, 0.25) is 0 Å². The van der Waals surface area contributed by atoms with Crippen LogP contribution in [0.15, 0.2) is 22.7 Å². The second kappa shape index (κ2) is 5.80. The van der Waals surface area contributed by atoms with Gasteiger partial charge in [-0.25, -0.2) is 9.18 Å². The number of benzene rings is 1. The van der Waals surface area contributed by atoms with Crippen LogP contribution in [0.1, 0.15) is 31.4 Å². The van der Waals surface area contributed by atoms with E-state index in [1.807, 2.05) is 0 Å². The molecule has 98 valence electrons. The third-order valence-corrected chi connectivity index (χ3v) is 3.39. The summed E-state index contributed by atoms with van der Waals surface area (Å²) < 4.78 is 18.6. The Morgan fingerprint density at radius 2 is 2.33 bits per heavy atom. The first kappa shape index (κ1) is 13.5. The lowest BCUT2D eigenvalue weighted by Gasteiger charge is -2.17. The van der Waals surface area contributed by atoms with Gasteiger partial charge in [-0.3, -0.25) is 5.32 Å². The normalized spacial score (nSPS) is 16.4. The second-order valence-corrected chi connectivity index (χ2v) is 5.15. The predicted octanol–water partition coefficient (Wildman–Crippen LogP) is 2.94. The molecule has 0 heterocycles. The molecule has 1 saturated carbocycles. The number of carbonyl (C=O) groups is 1. The van der Waals surface area contributed by atoms with E-state index in [1.165, 1.54) is 6.07 Å². The first-order valence-electron chi connectivity index (χ1n) is 5.99. The maximum Gasteiger partial charge on any atom is 0.327 e. The maximum atomic E-state index is 13.2. The summed E-state index contributed by atoms with van der Waals surface area (Å²) in [6.07, 6.45) is 2.14. The highest BCUT2D eigenvalue weighted by Gasteiger charge is 2.30. The van der Waals surface area contributed by atoms with Crippen molar-refractivity contribution in [3.05, 3.63) is 34.1 Å². The summed E-state index contributed by atoms with van der Waals surface area (Å²) in [6.45, 7) is 2.11. The molecule has 1 aromatic rings. The van der Waals surface area contributed by atoms with Crippen molar-refractivity contribution in [3.63, 3.8) is 0 Å². The zero-order chi connectivity index (χ0) is 13.1. The first-order chi connectivity index (χ1) is 8.61. The fraction of sp³-hybridized carbons (Fsp3) is 0.462. The van der Waals surface area contributed by atoms with Crippen molar-refractivity contribution < 1.29 is 13.9 Å². The van der Waals surface area contributed by atoms with Crippen LogP contribution in [-0.4, -0.2) is 18.6 Å². The smallest absolute Gasteiger partial charge is 0.327 e. The van der Waals surface area contributed by atoms with Crippen LogP contribution in [0, 0.1) is 5.82 Å². The van der Waals surface area contributed by atoms with E-state index in [1.54, 1.807) is 19.1 Å². The van der Waals surface area contributed by atoms with Crippen LogP contribution >= 0.6 is 15.9 Å². The lowest BCUT2D eigenvalue weighted by atomic mass is 10.1. The Kier molecular flexibility index (Phi) is 4.35. The van der Waals surface area contributed by atoms with Gasteiger partial charge in [-0.1, -0.05) is 6.07 Å². The van der Waals surface area contributed by atoms with Crippen molar-refractivity contribution in [2.45, 2.75) is 31.8 Å². The average Bonchev–Trinajstić information content (AvgIpc) is 3.14. The average molecular weight is 316 g/mol. The standard InChI is InChI=1S/C13H15BrFNO2/c1-2-18-13(17)12(16-9-4-5-9)8-3-6-11(15)10(14)7-8/h3,6-7,9,12,16H,2,4-5H2,1H3. The van der Waals surface area contributed by atoms with Gasteiger partial charge in [0.25, 0.3) is 0 Å². The quantitative estimate of drug-likeness (QED) is 0.849. The van der Waals surface area contributed by atoms with Crippen molar-refractivity contribution in [3.8, 4) is 0 Å². The van der Waals surface area contributed by atoms with Gasteiger partial charge >= 0.3 is 5.97 Å². The summed E-state index contributed by atoms with van der Waals surface area (Å²) in [4.78, 5) is 11.9. The predicted molar refractivity (Wildman–Crippen MR) is 69.6 cm³/mol. The van der Waals surface area contributed by atoms with Gasteiger partial charge in [0.15, 0.2) is 0 Å². The molecule has 0 aromatic heterocycles. The molecular weight excluding hydrogens is 301 g/mol. The van der Waals surface area contributed by atoms with Crippen LogP contribution in [0.2, 0.25) is 0 Å². The number of hydrogen-bond donors (Lipinski definition) is 1. The summed E-state index contributed by atoms with van der Waals surface area (Å²) in [5.74, 6) is -0.657. The highest BCUT2D eigenvalue weighted by molar-refractivity contribution is 9.10. The Morgan fingerprint density at radius 3 is 2.89 bits per heavy atom. The van der Waals surface area contributed by atoms with Crippen LogP contribution in [0.25, 0.3) is 0 Å². The van der Waals surface area contributed by atoms with Gasteiger partial charge in [0, 0.05) is 6.04 Å². The molecule has 1 aliphatic carbocycles. The van der Waals surface area contributed by atoms with Crippen LogP contribution < -0.4 is 5.32 Å². The molecule has 0 bridgehead atoms. The number of carbonyl (C=O) groups excluding carboxylic acids is 1. The largest absolute Gasteiger partial charge is 0.465 e. The third-order valence-electron chi connectivity index (χ3n) is 2.78. The molecule has 1 fully saturated rings. The first-order valence-corrected chi connectivity index (χ1v) is 6.78. The molecule has 0 amide bonds. The van der Waals surface area contributed by atoms with E-state index < -0.39 is 6.04 Å². The number of rotatable bonds is 5. The summed E-state index contributed by atoms with van der Waals surface area (Å²) >= 11 is 3.13. The van der Waals surface area contributed by atoms with Crippen LogP contribution in [0.4, 0.5) is 4.39 Å². The molecule has 3 nitrogen and oxygen atoms in total. The Balaban J connectivity index is 2.20. The van der Waals surface area contributed by atoms with Crippen molar-refractivity contribution in [2.75, 3.05) is 6.61 Å². The van der Waals surface area contributed by atoms with Crippen molar-refractivity contribution >= 4 is 21.9 Å². The van der Waals surface area contributed by atoms with Crippen LogP contribution in [-0.2, 0) is 9.53 Å². The topological polar surface area (TPSA) is 38.3 Å². The van der Waals surface area contributed by atoms with Gasteiger partial charge in [-0.2, -0.15) is 0 Å². The fourth-order valence-corrected chi connectivity index (χ4v) is 2.10. The molecular formula is C13H15BrFNO2. The highest BCUT2D eigenvalue weighted by Crippen LogP contribution is 2.27. The molecule has 18 heavy (non-hydrogen) atoms. The SMILES string of the molecule is CCOC(=O)C(NC1CC1)c1ccc(F)c(Br)c1. The molecule has 1 aromatic carbocycles. The zero-order valence-electron chi connectivity index (χ0n) is 10.1. The van der Waals surface area contributed by atoms with Crippen LogP contribution in [0.5, 0.6) is 0 Å². The monoisotopic (exact) mass is 315 g/mol. The van der Waals surface area contributed by atoms with E-state index in [9.17, 15) is 9.18 Å². The molecule has 0 saturated heterocycles.